The Morgan fingerprint density at radius 1 is 1.42 bits per heavy atom. The molecule has 1 heterocycles. The number of halogens is 1. The van der Waals surface area contributed by atoms with Gasteiger partial charge >= 0.3 is 0 Å². The molecular formula is C14H15FN2O2. The molecule has 1 aliphatic rings. The minimum Gasteiger partial charge on any atom is -0.354 e. The van der Waals surface area contributed by atoms with Crippen LogP contribution < -0.4 is 10.6 Å². The molecule has 5 heteroatoms. The summed E-state index contributed by atoms with van der Waals surface area (Å²) in [4.78, 5) is 22.6. The first-order valence-corrected chi connectivity index (χ1v) is 6.15. The van der Waals surface area contributed by atoms with E-state index >= 15 is 0 Å². The van der Waals surface area contributed by atoms with E-state index in [0.29, 0.717) is 24.9 Å². The lowest BCUT2D eigenvalue weighted by molar-refractivity contribution is -0.124. The first kappa shape index (κ1) is 13.3. The lowest BCUT2D eigenvalue weighted by atomic mass is 10.1. The van der Waals surface area contributed by atoms with E-state index in [0.717, 1.165) is 0 Å². The Labute approximate surface area is 110 Å². The zero-order valence-corrected chi connectivity index (χ0v) is 10.4. The molecule has 100 valence electrons. The van der Waals surface area contributed by atoms with Crippen LogP contribution in [0.25, 0.3) is 6.08 Å². The van der Waals surface area contributed by atoms with Gasteiger partial charge < -0.3 is 10.6 Å². The van der Waals surface area contributed by atoms with E-state index in [-0.39, 0.29) is 23.7 Å². The van der Waals surface area contributed by atoms with Crippen molar-refractivity contribution in [2.24, 2.45) is 0 Å². The zero-order valence-electron chi connectivity index (χ0n) is 10.4. The third kappa shape index (κ3) is 3.91. The quantitative estimate of drug-likeness (QED) is 0.805. The Bertz CT molecular complexity index is 504. The molecule has 2 N–H and O–H groups in total. The van der Waals surface area contributed by atoms with Gasteiger partial charge in [0.2, 0.25) is 11.8 Å². The average Bonchev–Trinajstić information content (AvgIpc) is 2.40. The van der Waals surface area contributed by atoms with Crippen LogP contribution >= 0.6 is 0 Å². The molecule has 0 radical (unpaired) electrons. The van der Waals surface area contributed by atoms with E-state index in [1.165, 1.54) is 18.2 Å². The fourth-order valence-corrected chi connectivity index (χ4v) is 1.88. The summed E-state index contributed by atoms with van der Waals surface area (Å²) in [7, 11) is 0. The summed E-state index contributed by atoms with van der Waals surface area (Å²) >= 11 is 0. The molecule has 2 rings (SSSR count). The number of hydrogen-bond acceptors (Lipinski definition) is 2. The lowest BCUT2D eigenvalue weighted by Crippen LogP contribution is -2.47. The molecule has 1 aromatic rings. The van der Waals surface area contributed by atoms with Crippen molar-refractivity contribution in [3.05, 3.63) is 41.7 Å². The third-order valence-electron chi connectivity index (χ3n) is 2.93. The molecule has 0 saturated carbocycles. The van der Waals surface area contributed by atoms with E-state index in [9.17, 15) is 14.0 Å². The van der Waals surface area contributed by atoms with Gasteiger partial charge in [-0.05, 0) is 18.6 Å². The van der Waals surface area contributed by atoms with Crippen LogP contribution in [0.15, 0.2) is 30.3 Å². The van der Waals surface area contributed by atoms with Crippen LogP contribution in [0.4, 0.5) is 4.39 Å². The maximum absolute atomic E-state index is 13.3. The fraction of sp³-hybridized carbons (Fsp3) is 0.286. The second-order valence-corrected chi connectivity index (χ2v) is 4.40. The van der Waals surface area contributed by atoms with Crippen molar-refractivity contribution in [1.29, 1.82) is 0 Å². The summed E-state index contributed by atoms with van der Waals surface area (Å²) in [6.45, 7) is 0.443. The van der Waals surface area contributed by atoms with Crippen molar-refractivity contribution in [2.75, 3.05) is 6.54 Å². The molecular weight excluding hydrogens is 247 g/mol. The van der Waals surface area contributed by atoms with E-state index in [1.807, 2.05) is 0 Å². The second-order valence-electron chi connectivity index (χ2n) is 4.40. The van der Waals surface area contributed by atoms with E-state index < -0.39 is 0 Å². The first-order valence-electron chi connectivity index (χ1n) is 6.15. The average molecular weight is 262 g/mol. The first-order chi connectivity index (χ1) is 9.15. The number of piperidine rings is 1. The van der Waals surface area contributed by atoms with Gasteiger partial charge in [0.25, 0.3) is 0 Å². The molecule has 4 nitrogen and oxygen atoms in total. The van der Waals surface area contributed by atoms with Crippen LogP contribution in [0, 0.1) is 5.82 Å². The van der Waals surface area contributed by atoms with Crippen LogP contribution in [0.1, 0.15) is 18.4 Å². The van der Waals surface area contributed by atoms with Crippen LogP contribution in [-0.2, 0) is 9.59 Å². The maximum Gasteiger partial charge on any atom is 0.244 e. The van der Waals surface area contributed by atoms with Gasteiger partial charge in [-0.2, -0.15) is 0 Å². The number of carbonyl (C=O) groups is 2. The van der Waals surface area contributed by atoms with Gasteiger partial charge in [-0.3, -0.25) is 9.59 Å². The minimum absolute atomic E-state index is 0.00685. The Morgan fingerprint density at radius 2 is 2.21 bits per heavy atom. The van der Waals surface area contributed by atoms with Gasteiger partial charge in [0.1, 0.15) is 5.82 Å². The van der Waals surface area contributed by atoms with Gasteiger partial charge in [0, 0.05) is 30.6 Å². The summed E-state index contributed by atoms with van der Waals surface area (Å²) < 4.78 is 13.3. The molecule has 1 atom stereocenters. The molecule has 0 bridgehead atoms. The molecule has 1 unspecified atom stereocenters. The Balaban J connectivity index is 1.87. The number of amides is 2. The predicted octanol–water partition coefficient (Wildman–Crippen LogP) is 1.23. The lowest BCUT2D eigenvalue weighted by Gasteiger charge is -2.22. The SMILES string of the molecule is O=C(C=Cc1ccccc1F)NC1CCC(=O)NC1. The fourth-order valence-electron chi connectivity index (χ4n) is 1.88. The molecule has 2 amide bonds. The maximum atomic E-state index is 13.3. The summed E-state index contributed by atoms with van der Waals surface area (Å²) in [5.74, 6) is -0.645. The van der Waals surface area contributed by atoms with Crippen molar-refractivity contribution in [3.8, 4) is 0 Å². The van der Waals surface area contributed by atoms with Crippen LogP contribution in [-0.4, -0.2) is 24.4 Å². The monoisotopic (exact) mass is 262 g/mol. The largest absolute Gasteiger partial charge is 0.354 e. The van der Waals surface area contributed by atoms with Crippen LogP contribution in [0.3, 0.4) is 0 Å². The molecule has 1 fully saturated rings. The Hall–Kier alpha value is -2.17. The normalized spacial score (nSPS) is 19.2. The number of hydrogen-bond donors (Lipinski definition) is 2. The topological polar surface area (TPSA) is 58.2 Å². The van der Waals surface area contributed by atoms with Gasteiger partial charge in [-0.1, -0.05) is 18.2 Å². The summed E-state index contributed by atoms with van der Waals surface area (Å²) in [6, 6.07) is 6.18. The van der Waals surface area contributed by atoms with E-state index in [4.69, 9.17) is 0 Å². The summed E-state index contributed by atoms with van der Waals surface area (Å²) in [5.41, 5.74) is 0.370. The molecule has 19 heavy (non-hydrogen) atoms. The Morgan fingerprint density at radius 3 is 2.89 bits per heavy atom. The van der Waals surface area contributed by atoms with Crippen molar-refractivity contribution in [1.82, 2.24) is 10.6 Å². The number of nitrogens with one attached hydrogen (secondary N) is 2. The molecule has 1 saturated heterocycles. The van der Waals surface area contributed by atoms with Crippen molar-refractivity contribution in [3.63, 3.8) is 0 Å². The molecule has 1 aliphatic heterocycles. The Kier molecular flexibility index (Phi) is 4.28. The highest BCUT2D eigenvalue weighted by Gasteiger charge is 2.18. The van der Waals surface area contributed by atoms with Crippen molar-refractivity contribution >= 4 is 17.9 Å². The third-order valence-corrected chi connectivity index (χ3v) is 2.93. The number of carbonyl (C=O) groups excluding carboxylic acids is 2. The van der Waals surface area contributed by atoms with E-state index in [2.05, 4.69) is 10.6 Å². The van der Waals surface area contributed by atoms with Crippen molar-refractivity contribution < 1.29 is 14.0 Å². The highest BCUT2D eigenvalue weighted by atomic mass is 19.1. The molecule has 0 aliphatic carbocycles. The molecule has 0 aromatic heterocycles. The summed E-state index contributed by atoms with van der Waals surface area (Å²) in [5, 5.41) is 5.45. The zero-order chi connectivity index (χ0) is 13.7. The van der Waals surface area contributed by atoms with Crippen LogP contribution in [0.5, 0.6) is 0 Å². The van der Waals surface area contributed by atoms with Gasteiger partial charge in [-0.25, -0.2) is 4.39 Å². The highest BCUT2D eigenvalue weighted by molar-refractivity contribution is 5.92. The smallest absolute Gasteiger partial charge is 0.244 e. The van der Waals surface area contributed by atoms with E-state index in [1.54, 1.807) is 18.2 Å². The molecule has 0 spiro atoms. The minimum atomic E-state index is -0.364. The predicted molar refractivity (Wildman–Crippen MR) is 69.6 cm³/mol. The van der Waals surface area contributed by atoms with Crippen molar-refractivity contribution in [2.45, 2.75) is 18.9 Å². The number of rotatable bonds is 3. The molecule has 1 aromatic carbocycles. The highest BCUT2D eigenvalue weighted by Crippen LogP contribution is 2.08. The van der Waals surface area contributed by atoms with Crippen LogP contribution in [0.2, 0.25) is 0 Å². The standard InChI is InChI=1S/C14H15FN2O2/c15-12-4-2-1-3-10(12)5-7-14(19)17-11-6-8-13(18)16-9-11/h1-5,7,11H,6,8-9H2,(H,16,18)(H,17,19). The number of benzene rings is 1. The van der Waals surface area contributed by atoms with Gasteiger partial charge in [0.05, 0.1) is 0 Å². The van der Waals surface area contributed by atoms with Gasteiger partial charge in [0.15, 0.2) is 0 Å². The second kappa shape index (κ2) is 6.13. The summed E-state index contributed by atoms with van der Waals surface area (Å²) in [6.07, 6.45) is 3.79. The van der Waals surface area contributed by atoms with Gasteiger partial charge in [-0.15, -0.1) is 0 Å².